The topological polar surface area (TPSA) is 84.9 Å². The number of allylic oxidation sites excluding steroid dienone is 1. The van der Waals surface area contributed by atoms with Crippen LogP contribution >= 0.6 is 0 Å². The number of carboxylic acids is 1. The van der Waals surface area contributed by atoms with Gasteiger partial charge in [0, 0.05) is 19.4 Å². The number of ether oxygens (including phenoxy) is 2. The first-order chi connectivity index (χ1) is 10.0. The van der Waals surface area contributed by atoms with Crippen LogP contribution in [-0.2, 0) is 25.5 Å². The Morgan fingerprint density at radius 2 is 2.05 bits per heavy atom. The highest BCUT2D eigenvalue weighted by atomic mass is 16.7. The van der Waals surface area contributed by atoms with Crippen molar-refractivity contribution in [1.82, 2.24) is 5.32 Å². The highest BCUT2D eigenvalue weighted by molar-refractivity contribution is 5.92. The van der Waals surface area contributed by atoms with Crippen LogP contribution in [0.4, 0.5) is 0 Å². The molecule has 0 radical (unpaired) electrons. The molecule has 0 saturated carbocycles. The van der Waals surface area contributed by atoms with Crippen molar-refractivity contribution in [3.05, 3.63) is 59.7 Å². The van der Waals surface area contributed by atoms with Crippen LogP contribution in [-0.4, -0.2) is 23.3 Å². The molecule has 0 fully saturated rings. The molecule has 1 aliphatic rings. The van der Waals surface area contributed by atoms with Gasteiger partial charge in [0.05, 0.1) is 0 Å². The fraction of sp³-hybridized carbons (Fsp3) is 0.200. The summed E-state index contributed by atoms with van der Waals surface area (Å²) in [5.74, 6) is -1.47. The average Bonchev–Trinajstić information content (AvgIpc) is 2.86. The molecule has 0 aromatic heterocycles. The van der Waals surface area contributed by atoms with E-state index >= 15 is 0 Å². The zero-order chi connectivity index (χ0) is 15.2. The number of carbonyl (C=O) groups is 2. The van der Waals surface area contributed by atoms with Gasteiger partial charge < -0.3 is 19.9 Å². The van der Waals surface area contributed by atoms with E-state index in [1.807, 2.05) is 30.3 Å². The van der Waals surface area contributed by atoms with E-state index in [-0.39, 0.29) is 11.5 Å². The summed E-state index contributed by atoms with van der Waals surface area (Å²) in [6.45, 7) is 1.23. The summed E-state index contributed by atoms with van der Waals surface area (Å²) in [4.78, 5) is 21.9. The van der Waals surface area contributed by atoms with Gasteiger partial charge in [-0.25, -0.2) is 4.79 Å². The maximum atomic E-state index is 11.0. The van der Waals surface area contributed by atoms with E-state index in [9.17, 15) is 9.59 Å². The molecule has 1 aliphatic heterocycles. The van der Waals surface area contributed by atoms with Crippen molar-refractivity contribution >= 4 is 11.9 Å². The average molecular weight is 289 g/mol. The first kappa shape index (κ1) is 14.6. The Labute approximate surface area is 121 Å². The minimum atomic E-state index is -1.25. The van der Waals surface area contributed by atoms with Crippen LogP contribution in [0.25, 0.3) is 0 Å². The van der Waals surface area contributed by atoms with Crippen molar-refractivity contribution in [2.45, 2.75) is 19.6 Å². The molecule has 1 aromatic carbocycles. The Hall–Kier alpha value is -2.76. The fourth-order valence-electron chi connectivity index (χ4n) is 1.80. The summed E-state index contributed by atoms with van der Waals surface area (Å²) in [7, 11) is 0. The molecule has 2 rings (SSSR count). The van der Waals surface area contributed by atoms with E-state index in [1.54, 1.807) is 0 Å². The van der Waals surface area contributed by atoms with Crippen molar-refractivity contribution in [2.24, 2.45) is 0 Å². The number of aliphatic carboxylic acids is 1. The maximum Gasteiger partial charge on any atom is 0.352 e. The smallest absolute Gasteiger partial charge is 0.352 e. The Balaban J connectivity index is 1.97. The Morgan fingerprint density at radius 1 is 1.33 bits per heavy atom. The molecule has 110 valence electrons. The quantitative estimate of drug-likeness (QED) is 0.803. The molecule has 21 heavy (non-hydrogen) atoms. The molecule has 1 amide bonds. The third-order valence-corrected chi connectivity index (χ3v) is 2.68. The second kappa shape index (κ2) is 6.60. The van der Waals surface area contributed by atoms with Crippen molar-refractivity contribution in [1.29, 1.82) is 0 Å². The second-order valence-electron chi connectivity index (χ2n) is 4.44. The van der Waals surface area contributed by atoms with Crippen LogP contribution in [0.5, 0.6) is 0 Å². The van der Waals surface area contributed by atoms with Gasteiger partial charge in [-0.05, 0) is 5.56 Å². The monoisotopic (exact) mass is 289 g/mol. The number of carboxylic acid groups (broad SMARTS) is 1. The molecule has 1 heterocycles. The second-order valence-corrected chi connectivity index (χ2v) is 4.44. The van der Waals surface area contributed by atoms with E-state index in [2.05, 4.69) is 5.32 Å². The lowest BCUT2D eigenvalue weighted by atomic mass is 10.1. The molecule has 0 bridgehead atoms. The van der Waals surface area contributed by atoms with Gasteiger partial charge in [0.1, 0.15) is 12.0 Å². The molecule has 0 spiro atoms. The van der Waals surface area contributed by atoms with Gasteiger partial charge in [0.15, 0.2) is 5.76 Å². The highest BCUT2D eigenvalue weighted by Crippen LogP contribution is 2.19. The van der Waals surface area contributed by atoms with Crippen LogP contribution in [0.3, 0.4) is 0 Å². The minimum absolute atomic E-state index is 0.252. The SMILES string of the molecule is CC(=O)NC(=CC1=COC(Cc2ccccc2)O1)C(=O)O. The number of nitrogens with one attached hydrogen (secondary N) is 1. The van der Waals surface area contributed by atoms with Gasteiger partial charge in [-0.3, -0.25) is 4.79 Å². The zero-order valence-corrected chi connectivity index (χ0v) is 11.4. The molecule has 2 N–H and O–H groups in total. The van der Waals surface area contributed by atoms with Crippen LogP contribution in [0.2, 0.25) is 0 Å². The van der Waals surface area contributed by atoms with Crippen molar-refractivity contribution in [2.75, 3.05) is 0 Å². The molecule has 6 nitrogen and oxygen atoms in total. The largest absolute Gasteiger partial charge is 0.477 e. The maximum absolute atomic E-state index is 11.0. The van der Waals surface area contributed by atoms with Crippen LogP contribution in [0.1, 0.15) is 12.5 Å². The van der Waals surface area contributed by atoms with Crippen LogP contribution < -0.4 is 5.32 Å². The standard InChI is InChI=1S/C15H15NO5/c1-10(17)16-13(15(18)19)8-12-9-20-14(21-12)7-11-5-3-2-4-6-11/h2-6,8-9,14H,7H2,1H3,(H,16,17)(H,18,19). The van der Waals surface area contributed by atoms with Gasteiger partial charge in [0.25, 0.3) is 0 Å². The summed E-state index contributed by atoms with van der Waals surface area (Å²) in [6.07, 6.45) is 2.58. The fourth-order valence-corrected chi connectivity index (χ4v) is 1.80. The molecule has 6 heteroatoms. The summed E-state index contributed by atoms with van der Waals surface area (Å²) in [5, 5.41) is 11.2. The lowest BCUT2D eigenvalue weighted by Gasteiger charge is -2.11. The van der Waals surface area contributed by atoms with Crippen LogP contribution in [0, 0.1) is 0 Å². The van der Waals surface area contributed by atoms with E-state index in [0.29, 0.717) is 6.42 Å². The molecule has 1 unspecified atom stereocenters. The van der Waals surface area contributed by atoms with Crippen LogP contribution in [0.15, 0.2) is 54.1 Å². The molecular formula is C15H15NO5. The van der Waals surface area contributed by atoms with Gasteiger partial charge in [-0.2, -0.15) is 0 Å². The van der Waals surface area contributed by atoms with Gasteiger partial charge in [-0.15, -0.1) is 0 Å². The van der Waals surface area contributed by atoms with E-state index in [1.165, 1.54) is 19.3 Å². The van der Waals surface area contributed by atoms with Gasteiger partial charge >= 0.3 is 5.97 Å². The minimum Gasteiger partial charge on any atom is -0.477 e. The third-order valence-electron chi connectivity index (χ3n) is 2.68. The first-order valence-corrected chi connectivity index (χ1v) is 6.33. The van der Waals surface area contributed by atoms with E-state index < -0.39 is 18.2 Å². The first-order valence-electron chi connectivity index (χ1n) is 6.33. The summed E-state index contributed by atoms with van der Waals surface area (Å²) in [6, 6.07) is 9.63. The number of rotatable bonds is 5. The summed E-state index contributed by atoms with van der Waals surface area (Å²) < 4.78 is 10.8. The molecule has 0 aliphatic carbocycles. The number of amides is 1. The Morgan fingerprint density at radius 3 is 2.67 bits per heavy atom. The van der Waals surface area contributed by atoms with Crippen molar-refractivity contribution in [3.63, 3.8) is 0 Å². The Bertz CT molecular complexity index is 591. The normalized spacial score (nSPS) is 17.5. The Kier molecular flexibility index (Phi) is 4.61. The van der Waals surface area contributed by atoms with E-state index in [4.69, 9.17) is 14.6 Å². The summed E-state index contributed by atoms with van der Waals surface area (Å²) >= 11 is 0. The molecule has 1 atom stereocenters. The van der Waals surface area contributed by atoms with Gasteiger partial charge in [-0.1, -0.05) is 30.3 Å². The van der Waals surface area contributed by atoms with Gasteiger partial charge in [0.2, 0.25) is 12.2 Å². The lowest BCUT2D eigenvalue weighted by molar-refractivity contribution is -0.134. The highest BCUT2D eigenvalue weighted by Gasteiger charge is 2.20. The zero-order valence-electron chi connectivity index (χ0n) is 11.4. The lowest BCUT2D eigenvalue weighted by Crippen LogP contribution is -2.25. The third kappa shape index (κ3) is 4.38. The number of hydrogen-bond acceptors (Lipinski definition) is 4. The molecule has 1 aromatic rings. The summed E-state index contributed by atoms with van der Waals surface area (Å²) in [5.41, 5.74) is 0.777. The van der Waals surface area contributed by atoms with Crippen molar-refractivity contribution < 1.29 is 24.2 Å². The number of benzene rings is 1. The molecular weight excluding hydrogens is 274 g/mol. The molecule has 0 saturated heterocycles. The number of hydrogen-bond donors (Lipinski definition) is 2. The van der Waals surface area contributed by atoms with Crippen molar-refractivity contribution in [3.8, 4) is 0 Å². The predicted octanol–water partition coefficient (Wildman–Crippen LogP) is 1.55. The predicted molar refractivity (Wildman–Crippen MR) is 73.7 cm³/mol. The number of carbonyl (C=O) groups excluding carboxylic acids is 1. The van der Waals surface area contributed by atoms with E-state index in [0.717, 1.165) is 5.56 Å².